The second-order valence-corrected chi connectivity index (χ2v) is 5.90. The van der Waals surface area contributed by atoms with E-state index >= 15 is 0 Å². The first-order valence-corrected chi connectivity index (χ1v) is 8.12. The lowest BCUT2D eigenvalue weighted by Crippen LogP contribution is -2.07. The van der Waals surface area contributed by atoms with Gasteiger partial charge in [0.1, 0.15) is 17.1 Å². The summed E-state index contributed by atoms with van der Waals surface area (Å²) in [5.74, 6) is -0.262. The Kier molecular flexibility index (Phi) is 4.10. The number of hydrogen-bond acceptors (Lipinski definition) is 6. The quantitative estimate of drug-likeness (QED) is 0.337. The molecule has 0 spiro atoms. The average Bonchev–Trinajstić information content (AvgIpc) is 2.66. The van der Waals surface area contributed by atoms with Gasteiger partial charge in [-0.3, -0.25) is 9.68 Å². The van der Waals surface area contributed by atoms with Crippen molar-refractivity contribution in [1.82, 2.24) is 0 Å². The molecule has 1 aliphatic carbocycles. The van der Waals surface area contributed by atoms with Crippen LogP contribution in [0.15, 0.2) is 69.9 Å². The van der Waals surface area contributed by atoms with E-state index in [2.05, 4.69) is 4.89 Å². The van der Waals surface area contributed by atoms with E-state index in [1.165, 1.54) is 31.4 Å². The summed E-state index contributed by atoms with van der Waals surface area (Å²) in [4.78, 5) is 33.4. The van der Waals surface area contributed by atoms with Gasteiger partial charge in [0.15, 0.2) is 5.43 Å². The van der Waals surface area contributed by atoms with E-state index in [-0.39, 0.29) is 11.2 Å². The third-order valence-electron chi connectivity index (χ3n) is 4.25. The Hall–Kier alpha value is -3.64. The van der Waals surface area contributed by atoms with Crippen LogP contribution in [0, 0.1) is 0 Å². The van der Waals surface area contributed by atoms with E-state index in [0.717, 1.165) is 0 Å². The Balaban J connectivity index is 2.13. The summed E-state index contributed by atoms with van der Waals surface area (Å²) in [5, 5.41) is 10.5. The molecule has 0 fully saturated rings. The van der Waals surface area contributed by atoms with Crippen LogP contribution in [0.4, 0.5) is 0 Å². The van der Waals surface area contributed by atoms with Gasteiger partial charge in [-0.05, 0) is 35.9 Å². The summed E-state index contributed by atoms with van der Waals surface area (Å²) < 4.78 is 5.82. The Labute approximate surface area is 153 Å². The van der Waals surface area contributed by atoms with Gasteiger partial charge in [-0.1, -0.05) is 18.2 Å². The van der Waals surface area contributed by atoms with Gasteiger partial charge in [0.2, 0.25) is 0 Å². The lowest BCUT2D eigenvalue weighted by molar-refractivity contribution is -0.216. The van der Waals surface area contributed by atoms with Crippen molar-refractivity contribution in [1.29, 1.82) is 0 Å². The number of hydrogen-bond donors (Lipinski definition) is 1. The molecule has 27 heavy (non-hydrogen) atoms. The van der Waals surface area contributed by atoms with Gasteiger partial charge >= 0.3 is 5.97 Å². The van der Waals surface area contributed by atoms with Crippen LogP contribution >= 0.6 is 0 Å². The molecule has 2 aliphatic rings. The zero-order valence-electron chi connectivity index (χ0n) is 14.3. The Morgan fingerprint density at radius 2 is 1.81 bits per heavy atom. The van der Waals surface area contributed by atoms with Crippen molar-refractivity contribution in [2.24, 2.45) is 0 Å². The molecule has 1 aliphatic heterocycles. The van der Waals surface area contributed by atoms with Crippen LogP contribution in [-0.4, -0.2) is 18.2 Å². The van der Waals surface area contributed by atoms with Gasteiger partial charge in [0.25, 0.3) is 0 Å². The van der Waals surface area contributed by atoms with Crippen LogP contribution in [0.5, 0.6) is 5.75 Å². The van der Waals surface area contributed by atoms with Gasteiger partial charge in [0, 0.05) is 28.6 Å². The molecule has 6 heteroatoms. The van der Waals surface area contributed by atoms with Crippen LogP contribution in [0.2, 0.25) is 0 Å². The van der Waals surface area contributed by atoms with Gasteiger partial charge < -0.3 is 9.52 Å². The van der Waals surface area contributed by atoms with Crippen LogP contribution in [-0.2, 0) is 9.78 Å². The molecule has 0 saturated heterocycles. The summed E-state index contributed by atoms with van der Waals surface area (Å²) in [5.41, 5.74) is 2.42. The van der Waals surface area contributed by atoms with E-state index in [1.807, 2.05) is 0 Å². The van der Waals surface area contributed by atoms with Crippen molar-refractivity contribution in [3.05, 3.63) is 76.5 Å². The number of fused-ring (bicyclic) bond motifs is 2. The minimum absolute atomic E-state index is 0.0295. The van der Waals surface area contributed by atoms with Crippen molar-refractivity contribution < 1.29 is 24.1 Å². The highest BCUT2D eigenvalue weighted by Gasteiger charge is 2.22. The maximum atomic E-state index is 12.4. The fourth-order valence-electron chi connectivity index (χ4n) is 3.15. The molecule has 1 N–H and O–H groups in total. The molecule has 0 saturated carbocycles. The van der Waals surface area contributed by atoms with E-state index in [9.17, 15) is 14.7 Å². The van der Waals surface area contributed by atoms with Crippen molar-refractivity contribution in [2.45, 2.75) is 0 Å². The third-order valence-corrected chi connectivity index (χ3v) is 4.25. The predicted molar refractivity (Wildman–Crippen MR) is 98.6 cm³/mol. The number of phenolic OH excluding ortho intramolecular Hbond substituents is 1. The van der Waals surface area contributed by atoms with Gasteiger partial charge in [-0.15, -0.1) is 0 Å². The highest BCUT2D eigenvalue weighted by molar-refractivity contribution is 6.07. The van der Waals surface area contributed by atoms with Crippen LogP contribution < -0.4 is 5.43 Å². The fourth-order valence-corrected chi connectivity index (χ4v) is 3.15. The van der Waals surface area contributed by atoms with E-state index in [4.69, 9.17) is 9.30 Å². The maximum Gasteiger partial charge on any atom is 0.373 e. The minimum atomic E-state index is -0.644. The van der Waals surface area contributed by atoms with Crippen LogP contribution in [0.25, 0.3) is 33.4 Å². The highest BCUT2D eigenvalue weighted by Crippen LogP contribution is 2.41. The summed E-state index contributed by atoms with van der Waals surface area (Å²) in [6.07, 6.45) is 0. The topological polar surface area (TPSA) is 86.0 Å². The first-order chi connectivity index (χ1) is 13.1. The Morgan fingerprint density at radius 1 is 1.00 bits per heavy atom. The molecule has 0 bridgehead atoms. The number of benzene rings is 3. The number of aromatic hydroxyl groups is 1. The second-order valence-electron chi connectivity index (χ2n) is 5.90. The van der Waals surface area contributed by atoms with Gasteiger partial charge in [-0.2, -0.15) is 4.89 Å². The van der Waals surface area contributed by atoms with Crippen molar-refractivity contribution in [2.75, 3.05) is 7.11 Å². The standard InChI is InChI=1S/C21H14O6/c1-25-27-21(24)15-5-3-2-4-14(15)20-16-8-6-12(22)10-18(16)26-19-11-13(23)7-9-17(19)20/h2-11,22H,1H3. The molecule has 4 rings (SSSR count). The summed E-state index contributed by atoms with van der Waals surface area (Å²) in [7, 11) is 1.26. The SMILES string of the molecule is COOC(=O)c1ccccc1-c1c2ccc(=O)cc-2oc2cc(O)ccc12. The smallest absolute Gasteiger partial charge is 0.373 e. The maximum absolute atomic E-state index is 12.4. The lowest BCUT2D eigenvalue weighted by atomic mass is 9.91. The molecule has 0 radical (unpaired) electrons. The number of rotatable bonds is 3. The Morgan fingerprint density at radius 3 is 2.63 bits per heavy atom. The molecule has 0 aromatic heterocycles. The molecule has 6 nitrogen and oxygen atoms in total. The zero-order valence-corrected chi connectivity index (χ0v) is 14.3. The summed E-state index contributed by atoms with van der Waals surface area (Å²) in [6.45, 7) is 0. The molecule has 2 aromatic rings. The third kappa shape index (κ3) is 2.92. The monoisotopic (exact) mass is 362 g/mol. The molecule has 1 heterocycles. The summed E-state index contributed by atoms with van der Waals surface area (Å²) in [6, 6.07) is 16.1. The number of carbonyl (C=O) groups excluding carboxylic acids is 1. The molecule has 0 amide bonds. The lowest BCUT2D eigenvalue weighted by Gasteiger charge is -2.17. The summed E-state index contributed by atoms with van der Waals surface area (Å²) >= 11 is 0. The minimum Gasteiger partial charge on any atom is -0.508 e. The molecule has 0 atom stereocenters. The van der Waals surface area contributed by atoms with Crippen molar-refractivity contribution >= 4 is 16.9 Å². The fraction of sp³-hybridized carbons (Fsp3) is 0.0476. The van der Waals surface area contributed by atoms with E-state index in [1.54, 1.807) is 36.4 Å². The van der Waals surface area contributed by atoms with Gasteiger partial charge in [-0.25, -0.2) is 4.79 Å². The van der Waals surface area contributed by atoms with Crippen molar-refractivity contribution in [3.8, 4) is 28.2 Å². The zero-order chi connectivity index (χ0) is 19.0. The Bertz CT molecular complexity index is 1190. The van der Waals surface area contributed by atoms with Crippen LogP contribution in [0.3, 0.4) is 0 Å². The predicted octanol–water partition coefficient (Wildman–Crippen LogP) is 3.99. The number of carbonyl (C=O) groups is 1. The highest BCUT2D eigenvalue weighted by atomic mass is 17.2. The molecular weight excluding hydrogens is 348 g/mol. The van der Waals surface area contributed by atoms with E-state index in [0.29, 0.717) is 39.0 Å². The molecule has 134 valence electrons. The van der Waals surface area contributed by atoms with E-state index < -0.39 is 5.97 Å². The average molecular weight is 362 g/mol. The number of phenols is 1. The first-order valence-electron chi connectivity index (χ1n) is 8.12. The van der Waals surface area contributed by atoms with Crippen LogP contribution in [0.1, 0.15) is 10.4 Å². The molecule has 0 unspecified atom stereocenters. The molecule has 2 aromatic carbocycles. The normalized spacial score (nSPS) is 11.0. The largest absolute Gasteiger partial charge is 0.508 e. The van der Waals surface area contributed by atoms with Gasteiger partial charge in [0.05, 0.1) is 12.7 Å². The first kappa shape index (κ1) is 16.8. The molecular formula is C21H14O6. The second kappa shape index (κ2) is 6.59. The van der Waals surface area contributed by atoms with Crippen molar-refractivity contribution in [3.63, 3.8) is 0 Å².